The van der Waals surface area contributed by atoms with Crippen LogP contribution in [0.1, 0.15) is 30.6 Å². The Kier molecular flexibility index (Phi) is 5.35. The monoisotopic (exact) mass is 346 g/mol. The topological polar surface area (TPSA) is 62.7 Å². The highest BCUT2D eigenvalue weighted by atomic mass is 32.1. The number of carbonyl (C=O) groups is 1. The number of aromatic nitrogens is 1. The molecule has 2 heterocycles. The van der Waals surface area contributed by atoms with Gasteiger partial charge in [0.1, 0.15) is 5.75 Å². The van der Waals surface area contributed by atoms with Crippen LogP contribution in [-0.4, -0.2) is 36.3 Å². The summed E-state index contributed by atoms with van der Waals surface area (Å²) >= 11 is 1.51. The van der Waals surface area contributed by atoms with E-state index in [1.165, 1.54) is 37.0 Å². The molecule has 3 rings (SSSR count). The summed E-state index contributed by atoms with van der Waals surface area (Å²) in [6.45, 7) is 2.00. The van der Waals surface area contributed by atoms with Gasteiger partial charge in [0, 0.05) is 23.5 Å². The molecule has 6 heteroatoms. The van der Waals surface area contributed by atoms with Gasteiger partial charge in [0.2, 0.25) is 0 Å². The molecule has 1 saturated heterocycles. The van der Waals surface area contributed by atoms with Gasteiger partial charge in [-0.25, -0.2) is 4.98 Å². The molecule has 0 saturated carbocycles. The van der Waals surface area contributed by atoms with Gasteiger partial charge in [-0.1, -0.05) is 12.8 Å². The second-order valence-electron chi connectivity index (χ2n) is 5.97. The number of carboxylic acid groups (broad SMARTS) is 1. The molecule has 0 atom stereocenters. The number of methoxy groups -OCH3 is 1. The van der Waals surface area contributed by atoms with Crippen molar-refractivity contribution in [1.29, 1.82) is 0 Å². The zero-order chi connectivity index (χ0) is 16.9. The maximum atomic E-state index is 11.2. The van der Waals surface area contributed by atoms with Gasteiger partial charge in [0.05, 0.1) is 19.2 Å². The molecule has 1 aromatic heterocycles. The number of hydrogen-bond donors (Lipinski definition) is 1. The molecule has 24 heavy (non-hydrogen) atoms. The van der Waals surface area contributed by atoms with Gasteiger partial charge in [-0.3, -0.25) is 4.79 Å². The number of hydrogen-bond acceptors (Lipinski definition) is 5. The first-order valence-corrected chi connectivity index (χ1v) is 9.10. The lowest BCUT2D eigenvalue weighted by Gasteiger charge is -2.18. The maximum absolute atomic E-state index is 11.2. The van der Waals surface area contributed by atoms with Crippen LogP contribution in [0, 0.1) is 0 Å². The predicted molar refractivity (Wildman–Crippen MR) is 96.1 cm³/mol. The van der Waals surface area contributed by atoms with Gasteiger partial charge < -0.3 is 14.7 Å². The van der Waals surface area contributed by atoms with Crippen LogP contribution in [0.4, 0.5) is 5.13 Å². The van der Waals surface area contributed by atoms with Crippen LogP contribution in [0.2, 0.25) is 0 Å². The minimum Gasteiger partial charge on any atom is -0.497 e. The molecule has 1 aliphatic rings. The lowest BCUT2D eigenvalue weighted by Crippen LogP contribution is -2.23. The average molecular weight is 346 g/mol. The number of nitrogens with zero attached hydrogens (tertiary/aromatic N) is 2. The minimum atomic E-state index is -0.823. The third-order valence-electron chi connectivity index (χ3n) is 4.24. The molecule has 2 aromatic rings. The van der Waals surface area contributed by atoms with Crippen molar-refractivity contribution in [3.63, 3.8) is 0 Å². The Morgan fingerprint density at radius 3 is 2.46 bits per heavy atom. The van der Waals surface area contributed by atoms with Crippen molar-refractivity contribution in [1.82, 2.24) is 4.98 Å². The zero-order valence-electron chi connectivity index (χ0n) is 13.8. The van der Waals surface area contributed by atoms with E-state index in [1.54, 1.807) is 7.11 Å². The van der Waals surface area contributed by atoms with Crippen LogP contribution < -0.4 is 9.64 Å². The summed E-state index contributed by atoms with van der Waals surface area (Å²) < 4.78 is 5.19. The Balaban J connectivity index is 1.94. The Labute approximate surface area is 145 Å². The quantitative estimate of drug-likeness (QED) is 0.891. The van der Waals surface area contributed by atoms with E-state index in [9.17, 15) is 9.90 Å². The van der Waals surface area contributed by atoms with Crippen molar-refractivity contribution in [2.75, 3.05) is 25.1 Å². The van der Waals surface area contributed by atoms with Gasteiger partial charge in [-0.15, -0.1) is 11.3 Å². The van der Waals surface area contributed by atoms with Gasteiger partial charge >= 0.3 is 5.97 Å². The molecule has 5 nitrogen and oxygen atoms in total. The van der Waals surface area contributed by atoms with Crippen molar-refractivity contribution in [3.8, 4) is 17.0 Å². The molecule has 0 radical (unpaired) electrons. The van der Waals surface area contributed by atoms with E-state index in [0.29, 0.717) is 0 Å². The molecule has 0 bridgehead atoms. The van der Waals surface area contributed by atoms with E-state index >= 15 is 0 Å². The summed E-state index contributed by atoms with van der Waals surface area (Å²) in [5.74, 6) is -0.0441. The highest BCUT2D eigenvalue weighted by Gasteiger charge is 2.20. The number of aliphatic carboxylic acids is 1. The average Bonchev–Trinajstić information content (AvgIpc) is 2.81. The van der Waals surface area contributed by atoms with Crippen LogP contribution in [0.3, 0.4) is 0 Å². The number of carboxylic acids is 1. The third kappa shape index (κ3) is 3.87. The van der Waals surface area contributed by atoms with E-state index < -0.39 is 5.97 Å². The van der Waals surface area contributed by atoms with Gasteiger partial charge in [-0.2, -0.15) is 0 Å². The molecule has 128 valence electrons. The Hall–Kier alpha value is -2.08. The van der Waals surface area contributed by atoms with Gasteiger partial charge in [0.25, 0.3) is 0 Å². The molecule has 0 aliphatic carbocycles. The van der Waals surface area contributed by atoms with Crippen molar-refractivity contribution in [2.24, 2.45) is 0 Å². The summed E-state index contributed by atoms with van der Waals surface area (Å²) in [6.07, 6.45) is 4.87. The van der Waals surface area contributed by atoms with Crippen molar-refractivity contribution < 1.29 is 14.6 Å². The standard InChI is InChI=1S/C18H22N2O3S/c1-23-14-8-6-13(7-9-14)17-15(12-16(21)22)24-18(19-17)20-10-4-2-3-5-11-20/h6-9H,2-5,10-12H2,1H3,(H,21,22). The highest BCUT2D eigenvalue weighted by Crippen LogP contribution is 2.35. The largest absolute Gasteiger partial charge is 0.497 e. The fourth-order valence-electron chi connectivity index (χ4n) is 2.97. The molecular formula is C18H22N2O3S. The first-order chi connectivity index (χ1) is 11.7. The predicted octanol–water partition coefficient (Wildman–Crippen LogP) is 3.83. The summed E-state index contributed by atoms with van der Waals surface area (Å²) in [4.78, 5) is 19.1. The van der Waals surface area contributed by atoms with Crippen LogP contribution >= 0.6 is 11.3 Å². The van der Waals surface area contributed by atoms with Crippen LogP contribution in [0.15, 0.2) is 24.3 Å². The highest BCUT2D eigenvalue weighted by molar-refractivity contribution is 7.16. The molecule has 0 amide bonds. The molecular weight excluding hydrogens is 324 g/mol. The lowest BCUT2D eigenvalue weighted by atomic mass is 10.1. The fraction of sp³-hybridized carbons (Fsp3) is 0.444. The third-order valence-corrected chi connectivity index (χ3v) is 5.35. The number of thiazole rings is 1. The first-order valence-electron chi connectivity index (χ1n) is 8.28. The summed E-state index contributed by atoms with van der Waals surface area (Å²) in [7, 11) is 1.63. The molecule has 1 N–H and O–H groups in total. The lowest BCUT2D eigenvalue weighted by molar-refractivity contribution is -0.136. The SMILES string of the molecule is COc1ccc(-c2nc(N3CCCCCC3)sc2CC(=O)O)cc1. The normalized spacial score (nSPS) is 15.1. The second kappa shape index (κ2) is 7.66. The number of ether oxygens (including phenoxy) is 1. The van der Waals surface area contributed by atoms with Gasteiger partial charge in [0.15, 0.2) is 5.13 Å². The Morgan fingerprint density at radius 1 is 1.21 bits per heavy atom. The van der Waals surface area contributed by atoms with Crippen LogP contribution in [0.5, 0.6) is 5.75 Å². The van der Waals surface area contributed by atoms with Crippen molar-refractivity contribution >= 4 is 22.4 Å². The zero-order valence-corrected chi connectivity index (χ0v) is 14.6. The number of anilines is 1. The van der Waals surface area contributed by atoms with E-state index in [4.69, 9.17) is 9.72 Å². The van der Waals surface area contributed by atoms with Crippen LogP contribution in [0.25, 0.3) is 11.3 Å². The Morgan fingerprint density at radius 2 is 1.88 bits per heavy atom. The van der Waals surface area contributed by atoms with E-state index in [2.05, 4.69) is 4.90 Å². The first kappa shape index (κ1) is 16.8. The van der Waals surface area contributed by atoms with Crippen LogP contribution in [-0.2, 0) is 11.2 Å². The second-order valence-corrected chi connectivity index (χ2v) is 7.03. The van der Waals surface area contributed by atoms with Gasteiger partial charge in [-0.05, 0) is 37.1 Å². The maximum Gasteiger partial charge on any atom is 0.308 e. The molecule has 1 fully saturated rings. The van der Waals surface area contributed by atoms with E-state index in [-0.39, 0.29) is 6.42 Å². The number of benzene rings is 1. The van der Waals surface area contributed by atoms with Crippen molar-refractivity contribution in [2.45, 2.75) is 32.1 Å². The smallest absolute Gasteiger partial charge is 0.308 e. The summed E-state index contributed by atoms with van der Waals surface area (Å²) in [5.41, 5.74) is 1.72. The molecule has 1 aromatic carbocycles. The number of rotatable bonds is 5. The molecule has 1 aliphatic heterocycles. The van der Waals surface area contributed by atoms with E-state index in [0.717, 1.165) is 40.1 Å². The minimum absolute atomic E-state index is 0.00681. The summed E-state index contributed by atoms with van der Waals surface area (Å²) in [5, 5.41) is 10.2. The fourth-order valence-corrected chi connectivity index (χ4v) is 4.09. The molecule has 0 spiro atoms. The Bertz CT molecular complexity index is 689. The molecule has 0 unspecified atom stereocenters. The van der Waals surface area contributed by atoms with E-state index in [1.807, 2.05) is 24.3 Å². The van der Waals surface area contributed by atoms with Crippen molar-refractivity contribution in [3.05, 3.63) is 29.1 Å². The summed E-state index contributed by atoms with van der Waals surface area (Å²) in [6, 6.07) is 7.63.